The minimum Gasteiger partial charge on any atom is -0.444 e. The molecule has 0 N–H and O–H groups in total. The molecule has 0 bridgehead atoms. The van der Waals surface area contributed by atoms with Crippen LogP contribution in [-0.2, 0) is 16.7 Å². The van der Waals surface area contributed by atoms with Gasteiger partial charge in [-0.2, -0.15) is 0 Å². The maximum Gasteiger partial charge on any atom is 0.411 e. The van der Waals surface area contributed by atoms with Crippen LogP contribution < -0.4 is 0 Å². The van der Waals surface area contributed by atoms with Crippen molar-refractivity contribution >= 4 is 11.8 Å². The number of nitro groups is 1. The summed E-state index contributed by atoms with van der Waals surface area (Å²) in [6.07, 6.45) is 0.223. The average molecular weight is 306 g/mol. The summed E-state index contributed by atoms with van der Waals surface area (Å²) in [5.74, 6) is 0. The predicted molar refractivity (Wildman–Crippen MR) is 82.8 cm³/mol. The Hall–Kier alpha value is -2.11. The third kappa shape index (κ3) is 3.05. The second-order valence-corrected chi connectivity index (χ2v) is 7.04. The highest BCUT2D eigenvalue weighted by Crippen LogP contribution is 2.37. The Bertz CT molecular complexity index is 617. The number of carbonyl (C=O) groups is 1. The Morgan fingerprint density at radius 2 is 2.00 bits per heavy atom. The van der Waals surface area contributed by atoms with Crippen LogP contribution in [0.3, 0.4) is 0 Å². The minimum absolute atomic E-state index is 0.0836. The van der Waals surface area contributed by atoms with E-state index in [9.17, 15) is 14.9 Å². The molecule has 1 aliphatic rings. The van der Waals surface area contributed by atoms with E-state index in [0.29, 0.717) is 13.0 Å². The molecule has 0 radical (unpaired) electrons. The van der Waals surface area contributed by atoms with E-state index in [1.807, 2.05) is 34.6 Å². The molecule has 1 heterocycles. The number of non-ortho nitro benzene ring substituents is 1. The normalized spacial score (nSPS) is 16.9. The molecule has 0 aliphatic carbocycles. The summed E-state index contributed by atoms with van der Waals surface area (Å²) in [4.78, 5) is 24.6. The molecule has 0 atom stereocenters. The lowest BCUT2D eigenvalue weighted by atomic mass is 9.83. The van der Waals surface area contributed by atoms with Gasteiger partial charge < -0.3 is 4.74 Å². The molecule has 22 heavy (non-hydrogen) atoms. The van der Waals surface area contributed by atoms with Gasteiger partial charge in [0.2, 0.25) is 0 Å². The third-order valence-electron chi connectivity index (χ3n) is 3.85. The maximum absolute atomic E-state index is 12.4. The monoisotopic (exact) mass is 306 g/mol. The molecule has 2 rings (SSSR count). The van der Waals surface area contributed by atoms with Crippen LogP contribution in [0.15, 0.2) is 18.2 Å². The Morgan fingerprint density at radius 1 is 1.36 bits per heavy atom. The lowest BCUT2D eigenvalue weighted by Gasteiger charge is -2.43. The molecule has 1 aromatic carbocycles. The standard InChI is InChI=1S/C16H22N2O4/c1-15(2,3)22-14(19)17-9-8-11-10-12(18(20)21)6-7-13(11)16(17,4)5/h6-7,10H,8-9H2,1-5H3. The first-order valence-electron chi connectivity index (χ1n) is 7.31. The van der Waals surface area contributed by atoms with E-state index < -0.39 is 16.1 Å². The molecule has 1 aliphatic heterocycles. The Labute approximate surface area is 130 Å². The predicted octanol–water partition coefficient (Wildman–Crippen LogP) is 3.62. The van der Waals surface area contributed by atoms with Gasteiger partial charge in [0.15, 0.2) is 0 Å². The van der Waals surface area contributed by atoms with Gasteiger partial charge in [-0.1, -0.05) is 0 Å². The largest absolute Gasteiger partial charge is 0.444 e. The zero-order chi connectivity index (χ0) is 16.7. The van der Waals surface area contributed by atoms with Crippen molar-refractivity contribution in [1.29, 1.82) is 0 Å². The smallest absolute Gasteiger partial charge is 0.411 e. The number of carbonyl (C=O) groups excluding carboxylic acids is 1. The molecule has 120 valence electrons. The van der Waals surface area contributed by atoms with E-state index in [1.165, 1.54) is 6.07 Å². The van der Waals surface area contributed by atoms with E-state index in [4.69, 9.17) is 4.74 Å². The summed E-state index contributed by atoms with van der Waals surface area (Å²) in [7, 11) is 0. The number of nitrogens with zero attached hydrogens (tertiary/aromatic N) is 2. The second kappa shape index (κ2) is 5.26. The number of ether oxygens (including phenoxy) is 1. The molecule has 0 saturated carbocycles. The van der Waals surface area contributed by atoms with Crippen LogP contribution in [0.25, 0.3) is 0 Å². The summed E-state index contributed by atoms with van der Waals surface area (Å²) in [6.45, 7) is 9.84. The van der Waals surface area contributed by atoms with Gasteiger partial charge >= 0.3 is 6.09 Å². The number of benzene rings is 1. The topological polar surface area (TPSA) is 72.7 Å². The van der Waals surface area contributed by atoms with Gasteiger partial charge in [0.05, 0.1) is 10.5 Å². The summed E-state index contributed by atoms with van der Waals surface area (Å²) >= 11 is 0. The first-order valence-corrected chi connectivity index (χ1v) is 7.31. The maximum atomic E-state index is 12.4. The lowest BCUT2D eigenvalue weighted by Crippen LogP contribution is -2.51. The van der Waals surface area contributed by atoms with Crippen LogP contribution in [0.2, 0.25) is 0 Å². The van der Waals surface area contributed by atoms with E-state index in [-0.39, 0.29) is 11.8 Å². The van der Waals surface area contributed by atoms with Gasteiger partial charge in [-0.3, -0.25) is 15.0 Å². The Balaban J connectivity index is 2.34. The second-order valence-electron chi connectivity index (χ2n) is 7.04. The average Bonchev–Trinajstić information content (AvgIpc) is 2.35. The Morgan fingerprint density at radius 3 is 2.55 bits per heavy atom. The summed E-state index contributed by atoms with van der Waals surface area (Å²) in [5, 5.41) is 10.9. The summed E-state index contributed by atoms with van der Waals surface area (Å²) < 4.78 is 5.47. The number of hydrogen-bond donors (Lipinski definition) is 0. The fourth-order valence-corrected chi connectivity index (χ4v) is 2.79. The number of fused-ring (bicyclic) bond motifs is 1. The minimum atomic E-state index is -0.564. The number of hydrogen-bond acceptors (Lipinski definition) is 4. The van der Waals surface area contributed by atoms with E-state index in [1.54, 1.807) is 17.0 Å². The molecule has 1 aromatic rings. The zero-order valence-corrected chi connectivity index (χ0v) is 13.7. The van der Waals surface area contributed by atoms with Gasteiger partial charge in [-0.15, -0.1) is 0 Å². The fourth-order valence-electron chi connectivity index (χ4n) is 2.79. The third-order valence-corrected chi connectivity index (χ3v) is 3.85. The number of rotatable bonds is 1. The SMILES string of the molecule is CC(C)(C)OC(=O)N1CCc2cc([N+](=O)[O-])ccc2C1(C)C. The van der Waals surface area contributed by atoms with Crippen molar-refractivity contribution in [1.82, 2.24) is 4.90 Å². The van der Waals surface area contributed by atoms with Gasteiger partial charge in [-0.05, 0) is 58.2 Å². The summed E-state index contributed by atoms with van der Waals surface area (Å²) in [5.41, 5.74) is 0.808. The van der Waals surface area contributed by atoms with Crippen molar-refractivity contribution in [2.24, 2.45) is 0 Å². The molecule has 0 aromatic heterocycles. The first-order chi connectivity index (χ1) is 10.0. The molecule has 0 fully saturated rings. The lowest BCUT2D eigenvalue weighted by molar-refractivity contribution is -0.385. The zero-order valence-electron chi connectivity index (χ0n) is 13.7. The summed E-state index contributed by atoms with van der Waals surface area (Å²) in [6, 6.07) is 4.83. The fraction of sp³-hybridized carbons (Fsp3) is 0.562. The van der Waals surface area contributed by atoms with Crippen molar-refractivity contribution < 1.29 is 14.5 Å². The molecule has 0 unspecified atom stereocenters. The highest BCUT2D eigenvalue weighted by atomic mass is 16.6. The van der Waals surface area contributed by atoms with E-state index in [0.717, 1.165) is 11.1 Å². The molecule has 0 saturated heterocycles. The molecule has 6 nitrogen and oxygen atoms in total. The van der Waals surface area contributed by atoms with Crippen LogP contribution in [-0.4, -0.2) is 28.1 Å². The van der Waals surface area contributed by atoms with Crippen LogP contribution in [0, 0.1) is 10.1 Å². The molecule has 1 amide bonds. The molecule has 0 spiro atoms. The van der Waals surface area contributed by atoms with Gasteiger partial charge in [0, 0.05) is 18.7 Å². The number of nitro benzene ring substituents is 1. The molecule has 6 heteroatoms. The van der Waals surface area contributed by atoms with Gasteiger partial charge in [-0.25, -0.2) is 4.79 Å². The van der Waals surface area contributed by atoms with E-state index >= 15 is 0 Å². The van der Waals surface area contributed by atoms with Gasteiger partial charge in [0.1, 0.15) is 5.60 Å². The van der Waals surface area contributed by atoms with Crippen molar-refractivity contribution in [2.75, 3.05) is 6.54 Å². The van der Waals surface area contributed by atoms with Crippen LogP contribution in [0.5, 0.6) is 0 Å². The van der Waals surface area contributed by atoms with Crippen molar-refractivity contribution in [3.8, 4) is 0 Å². The quantitative estimate of drug-likeness (QED) is 0.586. The highest BCUT2D eigenvalue weighted by Gasteiger charge is 2.39. The van der Waals surface area contributed by atoms with Crippen molar-refractivity contribution in [2.45, 2.75) is 52.2 Å². The first kappa shape index (κ1) is 16.3. The van der Waals surface area contributed by atoms with Crippen molar-refractivity contribution in [3.63, 3.8) is 0 Å². The van der Waals surface area contributed by atoms with Crippen LogP contribution in [0.4, 0.5) is 10.5 Å². The molecular formula is C16H22N2O4. The highest BCUT2D eigenvalue weighted by molar-refractivity contribution is 5.70. The van der Waals surface area contributed by atoms with Crippen LogP contribution >= 0.6 is 0 Å². The van der Waals surface area contributed by atoms with Crippen molar-refractivity contribution in [3.05, 3.63) is 39.4 Å². The number of amides is 1. The van der Waals surface area contributed by atoms with E-state index in [2.05, 4.69) is 0 Å². The van der Waals surface area contributed by atoms with Gasteiger partial charge in [0.25, 0.3) is 5.69 Å². The Kier molecular flexibility index (Phi) is 3.89. The van der Waals surface area contributed by atoms with Crippen LogP contribution in [0.1, 0.15) is 45.7 Å². The molecular weight excluding hydrogens is 284 g/mol.